The van der Waals surface area contributed by atoms with E-state index in [9.17, 15) is 4.79 Å². The SMILES string of the molecule is COc1ccc2c(Cl)c(C(=O)Nc3ccc(Cl)cc3C)sc2c1Cl. The standard InChI is InChI=1S/C17H12Cl3NO2S/c1-8-7-9(18)3-5-11(8)21-17(22)16-13(19)10-4-6-12(23-2)14(20)15(10)24-16/h3-7H,1-2H3,(H,21,22). The smallest absolute Gasteiger partial charge is 0.267 e. The Bertz CT molecular complexity index is 953. The predicted octanol–water partition coefficient (Wildman–Crippen LogP) is 6.43. The number of methoxy groups -OCH3 is 1. The molecule has 1 heterocycles. The molecule has 1 amide bonds. The van der Waals surface area contributed by atoms with Crippen LogP contribution < -0.4 is 10.1 Å². The van der Waals surface area contributed by atoms with Gasteiger partial charge in [-0.15, -0.1) is 11.3 Å². The van der Waals surface area contributed by atoms with E-state index in [0.29, 0.717) is 31.4 Å². The summed E-state index contributed by atoms with van der Waals surface area (Å²) in [6.45, 7) is 1.87. The summed E-state index contributed by atoms with van der Waals surface area (Å²) in [6, 6.07) is 8.79. The summed E-state index contributed by atoms with van der Waals surface area (Å²) in [5, 5.41) is 5.03. The molecule has 24 heavy (non-hydrogen) atoms. The molecule has 0 unspecified atom stereocenters. The molecule has 2 aromatic carbocycles. The maximum absolute atomic E-state index is 12.6. The summed E-state index contributed by atoms with van der Waals surface area (Å²) in [5.41, 5.74) is 1.55. The molecule has 0 aliphatic rings. The van der Waals surface area contributed by atoms with Crippen LogP contribution in [0.2, 0.25) is 15.1 Å². The number of amides is 1. The topological polar surface area (TPSA) is 38.3 Å². The second-order valence-electron chi connectivity index (χ2n) is 5.12. The van der Waals surface area contributed by atoms with E-state index in [4.69, 9.17) is 39.5 Å². The molecule has 3 rings (SSSR count). The van der Waals surface area contributed by atoms with Gasteiger partial charge in [0.25, 0.3) is 5.91 Å². The number of carbonyl (C=O) groups is 1. The molecule has 0 saturated heterocycles. The molecule has 0 atom stereocenters. The number of fused-ring (bicyclic) bond motifs is 1. The van der Waals surface area contributed by atoms with Crippen molar-refractivity contribution in [2.45, 2.75) is 6.92 Å². The lowest BCUT2D eigenvalue weighted by Crippen LogP contribution is -2.11. The van der Waals surface area contributed by atoms with Gasteiger partial charge >= 0.3 is 0 Å². The van der Waals surface area contributed by atoms with Crippen LogP contribution in [0, 0.1) is 6.92 Å². The van der Waals surface area contributed by atoms with Crippen LogP contribution >= 0.6 is 46.1 Å². The Balaban J connectivity index is 2.01. The lowest BCUT2D eigenvalue weighted by Gasteiger charge is -2.07. The maximum atomic E-state index is 12.6. The van der Waals surface area contributed by atoms with Crippen molar-refractivity contribution in [3.63, 3.8) is 0 Å². The summed E-state index contributed by atoms with van der Waals surface area (Å²) in [4.78, 5) is 13.0. The van der Waals surface area contributed by atoms with E-state index >= 15 is 0 Å². The van der Waals surface area contributed by atoms with Crippen molar-refractivity contribution in [2.24, 2.45) is 0 Å². The summed E-state index contributed by atoms with van der Waals surface area (Å²) in [7, 11) is 1.54. The third-order valence-corrected chi connectivity index (χ3v) is 6.01. The molecule has 3 nitrogen and oxygen atoms in total. The number of rotatable bonds is 3. The number of hydrogen-bond acceptors (Lipinski definition) is 3. The number of benzene rings is 2. The maximum Gasteiger partial charge on any atom is 0.267 e. The largest absolute Gasteiger partial charge is 0.495 e. The number of nitrogens with one attached hydrogen (secondary N) is 1. The first-order valence-electron chi connectivity index (χ1n) is 6.94. The van der Waals surface area contributed by atoms with Crippen LogP contribution in [0.3, 0.4) is 0 Å². The van der Waals surface area contributed by atoms with Gasteiger partial charge in [-0.05, 0) is 42.8 Å². The number of aryl methyl sites for hydroxylation is 1. The van der Waals surface area contributed by atoms with Gasteiger partial charge in [-0.3, -0.25) is 4.79 Å². The monoisotopic (exact) mass is 399 g/mol. The van der Waals surface area contributed by atoms with Crippen LogP contribution in [0.5, 0.6) is 5.75 Å². The van der Waals surface area contributed by atoms with Gasteiger partial charge in [0.2, 0.25) is 0 Å². The first-order chi connectivity index (χ1) is 11.4. The molecule has 0 spiro atoms. The van der Waals surface area contributed by atoms with Gasteiger partial charge in [0.15, 0.2) is 0 Å². The van der Waals surface area contributed by atoms with Crippen molar-refractivity contribution in [1.82, 2.24) is 0 Å². The lowest BCUT2D eigenvalue weighted by atomic mass is 10.2. The van der Waals surface area contributed by atoms with E-state index in [-0.39, 0.29) is 5.91 Å². The van der Waals surface area contributed by atoms with Crippen molar-refractivity contribution in [1.29, 1.82) is 0 Å². The molecule has 3 aromatic rings. The summed E-state index contributed by atoms with van der Waals surface area (Å²) < 4.78 is 5.93. The Kier molecular flexibility index (Phi) is 4.92. The quantitative estimate of drug-likeness (QED) is 0.550. The first kappa shape index (κ1) is 17.4. The van der Waals surface area contributed by atoms with Crippen molar-refractivity contribution in [3.8, 4) is 5.75 Å². The van der Waals surface area contributed by atoms with Gasteiger partial charge in [-0.25, -0.2) is 0 Å². The van der Waals surface area contributed by atoms with Crippen LogP contribution in [0.4, 0.5) is 5.69 Å². The molecule has 0 saturated carbocycles. The fourth-order valence-electron chi connectivity index (χ4n) is 2.33. The second kappa shape index (κ2) is 6.81. The fraction of sp³-hybridized carbons (Fsp3) is 0.118. The molecule has 124 valence electrons. The molecule has 1 aromatic heterocycles. The molecule has 7 heteroatoms. The van der Waals surface area contributed by atoms with Gasteiger partial charge in [-0.2, -0.15) is 0 Å². The van der Waals surface area contributed by atoms with Crippen molar-refractivity contribution >= 4 is 67.8 Å². The van der Waals surface area contributed by atoms with E-state index in [1.807, 2.05) is 6.92 Å². The highest BCUT2D eigenvalue weighted by Gasteiger charge is 2.20. The zero-order valence-corrected chi connectivity index (χ0v) is 15.8. The van der Waals surface area contributed by atoms with Crippen LogP contribution in [-0.4, -0.2) is 13.0 Å². The van der Waals surface area contributed by atoms with E-state index in [1.54, 1.807) is 37.4 Å². The van der Waals surface area contributed by atoms with E-state index in [0.717, 1.165) is 15.6 Å². The highest BCUT2D eigenvalue weighted by molar-refractivity contribution is 7.22. The Morgan fingerprint density at radius 1 is 1.12 bits per heavy atom. The number of anilines is 1. The Labute approximate surface area is 158 Å². The van der Waals surface area contributed by atoms with Gasteiger partial charge < -0.3 is 10.1 Å². The molecular formula is C17H12Cl3NO2S. The van der Waals surface area contributed by atoms with Crippen LogP contribution in [0.15, 0.2) is 30.3 Å². The van der Waals surface area contributed by atoms with Crippen molar-refractivity contribution in [2.75, 3.05) is 12.4 Å². The fourth-order valence-corrected chi connectivity index (χ4v) is 4.35. The van der Waals surface area contributed by atoms with Crippen LogP contribution in [-0.2, 0) is 0 Å². The highest BCUT2D eigenvalue weighted by Crippen LogP contribution is 2.43. The zero-order chi connectivity index (χ0) is 17.4. The summed E-state index contributed by atoms with van der Waals surface area (Å²) in [5.74, 6) is 0.254. The van der Waals surface area contributed by atoms with Gasteiger partial charge in [0.05, 0.1) is 16.8 Å². The van der Waals surface area contributed by atoms with Gasteiger partial charge in [-0.1, -0.05) is 34.8 Å². The third kappa shape index (κ3) is 3.07. The first-order valence-corrected chi connectivity index (χ1v) is 8.89. The number of carbonyl (C=O) groups excluding carboxylic acids is 1. The average Bonchev–Trinajstić information content (AvgIpc) is 2.88. The number of thiophene rings is 1. The number of hydrogen-bond donors (Lipinski definition) is 1. The molecule has 0 fully saturated rings. The predicted molar refractivity (Wildman–Crippen MR) is 103 cm³/mol. The minimum Gasteiger partial charge on any atom is -0.495 e. The highest BCUT2D eigenvalue weighted by atomic mass is 35.5. The van der Waals surface area contributed by atoms with Crippen LogP contribution in [0.25, 0.3) is 10.1 Å². The molecular weight excluding hydrogens is 389 g/mol. The Morgan fingerprint density at radius 2 is 1.88 bits per heavy atom. The van der Waals surface area contributed by atoms with Crippen LogP contribution in [0.1, 0.15) is 15.2 Å². The molecule has 0 aliphatic heterocycles. The average molecular weight is 401 g/mol. The Morgan fingerprint density at radius 3 is 2.54 bits per heavy atom. The molecule has 1 N–H and O–H groups in total. The number of ether oxygens (including phenoxy) is 1. The normalized spacial score (nSPS) is 10.9. The second-order valence-corrected chi connectivity index (χ2v) is 7.33. The van der Waals surface area contributed by atoms with Crippen molar-refractivity contribution in [3.05, 3.63) is 55.8 Å². The zero-order valence-electron chi connectivity index (χ0n) is 12.7. The third-order valence-electron chi connectivity index (χ3n) is 3.56. The van der Waals surface area contributed by atoms with E-state index in [1.165, 1.54) is 11.3 Å². The number of halogens is 3. The Hall–Kier alpha value is -1.46. The summed E-state index contributed by atoms with van der Waals surface area (Å²) in [6.07, 6.45) is 0. The lowest BCUT2D eigenvalue weighted by molar-refractivity contribution is 0.103. The summed E-state index contributed by atoms with van der Waals surface area (Å²) >= 11 is 19.9. The van der Waals surface area contributed by atoms with E-state index < -0.39 is 0 Å². The minimum absolute atomic E-state index is 0.290. The van der Waals surface area contributed by atoms with Crippen molar-refractivity contribution < 1.29 is 9.53 Å². The molecule has 0 aliphatic carbocycles. The van der Waals surface area contributed by atoms with Gasteiger partial charge in [0, 0.05) is 16.1 Å². The minimum atomic E-state index is -0.290. The molecule has 0 bridgehead atoms. The van der Waals surface area contributed by atoms with Gasteiger partial charge in [0.1, 0.15) is 15.6 Å². The van der Waals surface area contributed by atoms with E-state index in [2.05, 4.69) is 5.32 Å². The molecule has 0 radical (unpaired) electrons.